The molecule has 200 valence electrons. The molecule has 0 N–H and O–H groups in total. The van der Waals surface area contributed by atoms with Crippen LogP contribution in [0.1, 0.15) is 101 Å². The van der Waals surface area contributed by atoms with E-state index in [0.717, 1.165) is 36.9 Å². The summed E-state index contributed by atoms with van der Waals surface area (Å²) in [4.78, 5) is 28.3. The van der Waals surface area contributed by atoms with Gasteiger partial charge in [0, 0.05) is 18.2 Å². The molecule has 0 spiro atoms. The molecule has 0 saturated heterocycles. The van der Waals surface area contributed by atoms with E-state index in [9.17, 15) is 9.59 Å². The highest BCUT2D eigenvalue weighted by molar-refractivity contribution is 6.02. The van der Waals surface area contributed by atoms with E-state index in [1.807, 2.05) is 26.0 Å². The van der Waals surface area contributed by atoms with Gasteiger partial charge in [-0.2, -0.15) is 0 Å². The standard InChI is InChI=1S/C31H43N3O3/c1-5-37-31(36)28-21-33(27-19-15-25(16-20-27)14-13-24-9-7-6-8-10-24)32-29(28)34(22(2)3)30(35)26-17-11-23(4)12-18-26/h13-16,19-24,26H,5-12,17-18H2,1-4H3/t23-,26-. The maximum absolute atomic E-state index is 13.7. The predicted molar refractivity (Wildman–Crippen MR) is 149 cm³/mol. The number of nitrogens with zero attached hydrogens (tertiary/aromatic N) is 3. The lowest BCUT2D eigenvalue weighted by Crippen LogP contribution is -2.43. The van der Waals surface area contributed by atoms with E-state index in [1.165, 1.54) is 32.1 Å². The molecule has 0 unspecified atom stereocenters. The van der Waals surface area contributed by atoms with Gasteiger partial charge in [0.25, 0.3) is 0 Å². The Balaban J connectivity index is 1.60. The topological polar surface area (TPSA) is 64.4 Å². The van der Waals surface area contributed by atoms with Crippen molar-refractivity contribution in [3.63, 3.8) is 0 Å². The largest absolute Gasteiger partial charge is 0.462 e. The van der Waals surface area contributed by atoms with Crippen LogP contribution in [-0.2, 0) is 9.53 Å². The highest BCUT2D eigenvalue weighted by Gasteiger charge is 2.34. The predicted octanol–water partition coefficient (Wildman–Crippen LogP) is 7.21. The molecule has 2 aromatic rings. The Kier molecular flexibility index (Phi) is 9.23. The molecule has 2 aliphatic carbocycles. The average molecular weight is 506 g/mol. The van der Waals surface area contributed by atoms with Crippen molar-refractivity contribution in [2.24, 2.45) is 17.8 Å². The second-order valence-corrected chi connectivity index (χ2v) is 11.1. The van der Waals surface area contributed by atoms with E-state index in [1.54, 1.807) is 22.7 Å². The lowest BCUT2D eigenvalue weighted by Gasteiger charge is -2.32. The molecular formula is C31H43N3O3. The van der Waals surface area contributed by atoms with Gasteiger partial charge in [-0.1, -0.05) is 50.5 Å². The van der Waals surface area contributed by atoms with Crippen LogP contribution in [0.4, 0.5) is 5.82 Å². The Morgan fingerprint density at radius 2 is 1.73 bits per heavy atom. The number of carbonyl (C=O) groups is 2. The van der Waals surface area contributed by atoms with E-state index >= 15 is 0 Å². The fourth-order valence-corrected chi connectivity index (χ4v) is 5.65. The fraction of sp³-hybridized carbons (Fsp3) is 0.581. The van der Waals surface area contributed by atoms with Crippen LogP contribution in [0.15, 0.2) is 36.5 Å². The number of hydrogen-bond donors (Lipinski definition) is 0. The summed E-state index contributed by atoms with van der Waals surface area (Å²) < 4.78 is 7.05. The van der Waals surface area contributed by atoms with E-state index in [2.05, 4.69) is 31.2 Å². The second-order valence-electron chi connectivity index (χ2n) is 11.1. The quantitative estimate of drug-likeness (QED) is 0.356. The average Bonchev–Trinajstić information content (AvgIpc) is 3.33. The van der Waals surface area contributed by atoms with E-state index in [-0.39, 0.29) is 24.5 Å². The summed E-state index contributed by atoms with van der Waals surface area (Å²) in [5, 5.41) is 4.79. The molecule has 0 radical (unpaired) electrons. The number of allylic oxidation sites excluding steroid dienone is 1. The molecule has 1 heterocycles. The van der Waals surface area contributed by atoms with Gasteiger partial charge in [0.15, 0.2) is 5.82 Å². The number of esters is 1. The van der Waals surface area contributed by atoms with Gasteiger partial charge in [0.1, 0.15) is 5.56 Å². The summed E-state index contributed by atoms with van der Waals surface area (Å²) in [5.41, 5.74) is 2.32. The molecular weight excluding hydrogens is 462 g/mol. The monoisotopic (exact) mass is 505 g/mol. The normalized spacial score (nSPS) is 20.9. The summed E-state index contributed by atoms with van der Waals surface area (Å²) in [6.07, 6.45) is 16.7. The minimum Gasteiger partial charge on any atom is -0.462 e. The maximum Gasteiger partial charge on any atom is 0.343 e. The fourth-order valence-electron chi connectivity index (χ4n) is 5.65. The first-order chi connectivity index (χ1) is 17.9. The third kappa shape index (κ3) is 6.71. The Labute approximate surface area is 222 Å². The minimum absolute atomic E-state index is 0.0333. The Hall–Kier alpha value is -2.89. The molecule has 1 aromatic heterocycles. The van der Waals surface area contributed by atoms with Gasteiger partial charge >= 0.3 is 5.97 Å². The summed E-state index contributed by atoms with van der Waals surface area (Å²) in [5.74, 6) is 1.30. The number of amides is 1. The van der Waals surface area contributed by atoms with Crippen LogP contribution >= 0.6 is 0 Å². The number of ether oxygens (including phenoxy) is 1. The summed E-state index contributed by atoms with van der Waals surface area (Å²) in [7, 11) is 0. The van der Waals surface area contributed by atoms with Crippen LogP contribution in [0.2, 0.25) is 0 Å². The third-order valence-electron chi connectivity index (χ3n) is 7.91. The van der Waals surface area contributed by atoms with Gasteiger partial charge in [-0.25, -0.2) is 9.48 Å². The molecule has 6 heteroatoms. The van der Waals surface area contributed by atoms with Crippen molar-refractivity contribution in [1.82, 2.24) is 9.78 Å². The van der Waals surface area contributed by atoms with Gasteiger partial charge in [-0.05, 0) is 88.8 Å². The molecule has 1 amide bonds. The molecule has 1 aromatic carbocycles. The van der Waals surface area contributed by atoms with Crippen LogP contribution in [0.3, 0.4) is 0 Å². The first-order valence-electron chi connectivity index (χ1n) is 14.3. The van der Waals surface area contributed by atoms with E-state index in [4.69, 9.17) is 9.84 Å². The molecule has 0 bridgehead atoms. The molecule has 37 heavy (non-hydrogen) atoms. The van der Waals surface area contributed by atoms with Crippen LogP contribution in [0.5, 0.6) is 0 Å². The Morgan fingerprint density at radius 3 is 2.35 bits per heavy atom. The number of hydrogen-bond acceptors (Lipinski definition) is 4. The lowest BCUT2D eigenvalue weighted by atomic mass is 9.82. The van der Waals surface area contributed by atoms with Gasteiger partial charge in [0.2, 0.25) is 5.91 Å². The summed E-state index contributed by atoms with van der Waals surface area (Å²) in [6, 6.07) is 8.05. The summed E-state index contributed by atoms with van der Waals surface area (Å²) >= 11 is 0. The van der Waals surface area contributed by atoms with Gasteiger partial charge < -0.3 is 4.74 Å². The van der Waals surface area contributed by atoms with Crippen LogP contribution in [-0.4, -0.2) is 34.3 Å². The van der Waals surface area contributed by atoms with Crippen LogP contribution < -0.4 is 4.90 Å². The number of benzene rings is 1. The molecule has 2 saturated carbocycles. The first-order valence-corrected chi connectivity index (χ1v) is 14.3. The minimum atomic E-state index is -0.452. The highest BCUT2D eigenvalue weighted by Crippen LogP contribution is 2.33. The summed E-state index contributed by atoms with van der Waals surface area (Å²) in [6.45, 7) is 8.26. The molecule has 0 aliphatic heterocycles. The molecule has 0 atom stereocenters. The van der Waals surface area contributed by atoms with Crippen molar-refractivity contribution < 1.29 is 14.3 Å². The third-order valence-corrected chi connectivity index (χ3v) is 7.91. The van der Waals surface area contributed by atoms with Crippen LogP contribution in [0.25, 0.3) is 11.8 Å². The zero-order valence-corrected chi connectivity index (χ0v) is 23.0. The zero-order chi connectivity index (χ0) is 26.4. The van der Waals surface area contributed by atoms with Gasteiger partial charge in [-0.15, -0.1) is 5.10 Å². The molecule has 2 aliphatic rings. The van der Waals surface area contributed by atoms with Gasteiger partial charge in [-0.3, -0.25) is 9.69 Å². The van der Waals surface area contributed by atoms with Crippen LogP contribution in [0, 0.1) is 17.8 Å². The van der Waals surface area contributed by atoms with E-state index < -0.39 is 5.97 Å². The first kappa shape index (κ1) is 27.2. The number of aromatic nitrogens is 2. The smallest absolute Gasteiger partial charge is 0.343 e. The Morgan fingerprint density at radius 1 is 1.05 bits per heavy atom. The lowest BCUT2D eigenvalue weighted by molar-refractivity contribution is -0.124. The molecule has 6 nitrogen and oxygen atoms in total. The molecule has 4 rings (SSSR count). The van der Waals surface area contributed by atoms with Crippen molar-refractivity contribution in [3.8, 4) is 5.69 Å². The number of carbonyl (C=O) groups excluding carboxylic acids is 2. The molecule has 2 fully saturated rings. The van der Waals surface area contributed by atoms with Crippen molar-refractivity contribution in [1.29, 1.82) is 0 Å². The Bertz CT molecular complexity index is 1070. The van der Waals surface area contributed by atoms with Crippen molar-refractivity contribution >= 4 is 23.8 Å². The second kappa shape index (κ2) is 12.6. The zero-order valence-electron chi connectivity index (χ0n) is 23.0. The van der Waals surface area contributed by atoms with E-state index in [0.29, 0.717) is 23.2 Å². The maximum atomic E-state index is 13.7. The number of anilines is 1. The van der Waals surface area contributed by atoms with Crippen molar-refractivity contribution in [3.05, 3.63) is 47.7 Å². The van der Waals surface area contributed by atoms with Gasteiger partial charge in [0.05, 0.1) is 12.3 Å². The SMILES string of the molecule is CCOC(=O)c1cn(-c2ccc(C=CC3CCCCC3)cc2)nc1N(C(=O)[C@H]1CC[C@H](C)CC1)C(C)C. The highest BCUT2D eigenvalue weighted by atomic mass is 16.5. The number of rotatable bonds is 8. The van der Waals surface area contributed by atoms with Crippen molar-refractivity contribution in [2.45, 2.75) is 91.5 Å². The van der Waals surface area contributed by atoms with Crippen molar-refractivity contribution in [2.75, 3.05) is 11.5 Å².